The summed E-state index contributed by atoms with van der Waals surface area (Å²) in [6.45, 7) is 5.10. The average molecular weight is 422 g/mol. The van der Waals surface area contributed by atoms with Gasteiger partial charge in [-0.1, -0.05) is 96.1 Å². The maximum Gasteiger partial charge on any atom is 0.245 e. The van der Waals surface area contributed by atoms with Gasteiger partial charge in [0.15, 0.2) is 5.82 Å². The zero-order valence-corrected chi connectivity index (χ0v) is 19.3. The molecule has 1 aromatic heterocycles. The van der Waals surface area contributed by atoms with Gasteiger partial charge >= 0.3 is 0 Å². The van der Waals surface area contributed by atoms with Gasteiger partial charge < -0.3 is 14.7 Å². The summed E-state index contributed by atoms with van der Waals surface area (Å²) in [6, 6.07) is 1.59. The van der Waals surface area contributed by atoms with Crippen molar-refractivity contribution in [1.82, 2.24) is 10.1 Å². The van der Waals surface area contributed by atoms with Gasteiger partial charge in [-0.3, -0.25) is 9.59 Å². The van der Waals surface area contributed by atoms with Gasteiger partial charge in [-0.2, -0.15) is 0 Å². The van der Waals surface area contributed by atoms with Crippen LogP contribution >= 0.6 is 0 Å². The lowest BCUT2D eigenvalue weighted by atomic mass is 10.1. The normalized spacial score (nSPS) is 10.9. The quantitative estimate of drug-likeness (QED) is 0.265. The molecule has 0 radical (unpaired) electrons. The minimum Gasteiger partial charge on any atom is -0.363 e. The molecule has 1 heterocycles. The van der Waals surface area contributed by atoms with Crippen LogP contribution in [0.25, 0.3) is 0 Å². The summed E-state index contributed by atoms with van der Waals surface area (Å²) in [5, 5.41) is 6.35. The van der Waals surface area contributed by atoms with Gasteiger partial charge in [-0.15, -0.1) is 0 Å². The Morgan fingerprint density at radius 2 is 1.43 bits per heavy atom. The molecule has 30 heavy (non-hydrogen) atoms. The highest BCUT2D eigenvalue weighted by Gasteiger charge is 2.17. The summed E-state index contributed by atoms with van der Waals surface area (Å²) < 4.78 is 4.72. The lowest BCUT2D eigenvalue weighted by Gasteiger charge is -2.22. The molecule has 0 unspecified atom stereocenters. The fraction of sp³-hybridized carbons (Fsp3) is 0.792. The molecule has 0 aromatic carbocycles. The molecule has 172 valence electrons. The van der Waals surface area contributed by atoms with E-state index in [-0.39, 0.29) is 18.4 Å². The van der Waals surface area contributed by atoms with Gasteiger partial charge in [-0.25, -0.2) is 0 Å². The van der Waals surface area contributed by atoms with Crippen LogP contribution in [-0.4, -0.2) is 35.0 Å². The molecule has 0 atom stereocenters. The fourth-order valence-corrected chi connectivity index (χ4v) is 3.58. The number of nitrogens with zero attached hydrogens (tertiary/aromatic N) is 2. The number of hydrogen-bond donors (Lipinski definition) is 1. The van der Waals surface area contributed by atoms with E-state index in [2.05, 4.69) is 24.3 Å². The first-order chi connectivity index (χ1) is 14.7. The lowest BCUT2D eigenvalue weighted by molar-refractivity contribution is -0.134. The minimum absolute atomic E-state index is 0.0768. The van der Waals surface area contributed by atoms with Crippen molar-refractivity contribution in [3.63, 3.8) is 0 Å². The van der Waals surface area contributed by atoms with E-state index >= 15 is 0 Å². The van der Waals surface area contributed by atoms with Crippen LogP contribution in [0.5, 0.6) is 0 Å². The summed E-state index contributed by atoms with van der Waals surface area (Å²) >= 11 is 0. The third-order valence-electron chi connectivity index (χ3n) is 5.42. The largest absolute Gasteiger partial charge is 0.363 e. The SMILES string of the molecule is CCCCCCCCCCCCCC(=O)N(CCCCC)CC(=O)Nc1ccon1. The average Bonchev–Trinajstić information content (AvgIpc) is 3.24. The van der Waals surface area contributed by atoms with Gasteiger partial charge in [0.1, 0.15) is 6.26 Å². The third kappa shape index (κ3) is 13.4. The van der Waals surface area contributed by atoms with Crippen molar-refractivity contribution < 1.29 is 14.1 Å². The second kappa shape index (κ2) is 18.0. The maximum atomic E-state index is 12.6. The second-order valence-corrected chi connectivity index (χ2v) is 8.24. The number of unbranched alkanes of at least 4 members (excludes halogenated alkanes) is 12. The van der Waals surface area contributed by atoms with Crippen LogP contribution in [0.2, 0.25) is 0 Å². The van der Waals surface area contributed by atoms with Crippen molar-refractivity contribution in [3.05, 3.63) is 12.3 Å². The van der Waals surface area contributed by atoms with E-state index in [1.54, 1.807) is 11.0 Å². The summed E-state index contributed by atoms with van der Waals surface area (Å²) in [5.41, 5.74) is 0. The Hall–Kier alpha value is -1.85. The molecule has 1 rings (SSSR count). The molecule has 0 aliphatic rings. The highest BCUT2D eigenvalue weighted by Crippen LogP contribution is 2.13. The maximum absolute atomic E-state index is 12.6. The van der Waals surface area contributed by atoms with E-state index in [1.165, 1.54) is 64.1 Å². The summed E-state index contributed by atoms with van der Waals surface area (Å²) in [5.74, 6) is 0.233. The van der Waals surface area contributed by atoms with E-state index in [1.807, 2.05) is 0 Å². The highest BCUT2D eigenvalue weighted by molar-refractivity contribution is 5.93. The van der Waals surface area contributed by atoms with Crippen molar-refractivity contribution in [2.45, 2.75) is 110 Å². The molecule has 2 amide bonds. The van der Waals surface area contributed by atoms with Crippen molar-refractivity contribution in [2.24, 2.45) is 0 Å². The molecule has 1 N–H and O–H groups in total. The topological polar surface area (TPSA) is 75.4 Å². The van der Waals surface area contributed by atoms with Crippen molar-refractivity contribution in [3.8, 4) is 0 Å². The Bertz CT molecular complexity index is 546. The van der Waals surface area contributed by atoms with Crippen LogP contribution in [0.1, 0.15) is 110 Å². The van der Waals surface area contributed by atoms with Crippen LogP contribution in [0, 0.1) is 0 Å². The number of carbonyl (C=O) groups excluding carboxylic acids is 2. The highest BCUT2D eigenvalue weighted by atomic mass is 16.5. The van der Waals surface area contributed by atoms with Crippen molar-refractivity contribution >= 4 is 17.6 Å². The van der Waals surface area contributed by atoms with Crippen molar-refractivity contribution in [1.29, 1.82) is 0 Å². The molecule has 0 aliphatic heterocycles. The molecule has 0 aliphatic carbocycles. The molecule has 6 nitrogen and oxygen atoms in total. The lowest BCUT2D eigenvalue weighted by Crippen LogP contribution is -2.38. The molecule has 0 saturated carbocycles. The smallest absolute Gasteiger partial charge is 0.245 e. The first-order valence-corrected chi connectivity index (χ1v) is 12.1. The first kappa shape index (κ1) is 26.2. The van der Waals surface area contributed by atoms with Crippen LogP contribution < -0.4 is 5.32 Å². The van der Waals surface area contributed by atoms with Crippen LogP contribution in [-0.2, 0) is 9.59 Å². The zero-order valence-electron chi connectivity index (χ0n) is 19.3. The van der Waals surface area contributed by atoms with Crippen LogP contribution in [0.15, 0.2) is 16.9 Å². The molecule has 0 saturated heterocycles. The number of rotatable bonds is 19. The van der Waals surface area contributed by atoms with Gasteiger partial charge in [0.25, 0.3) is 0 Å². The van der Waals surface area contributed by atoms with Crippen molar-refractivity contribution in [2.75, 3.05) is 18.4 Å². The van der Waals surface area contributed by atoms with E-state index in [0.717, 1.165) is 32.1 Å². The van der Waals surface area contributed by atoms with Gasteiger partial charge in [-0.05, 0) is 12.8 Å². The second-order valence-electron chi connectivity index (χ2n) is 8.24. The number of carbonyl (C=O) groups is 2. The van der Waals surface area contributed by atoms with Gasteiger partial charge in [0.05, 0.1) is 6.54 Å². The Balaban J connectivity index is 2.19. The predicted octanol–water partition coefficient (Wildman–Crippen LogP) is 6.33. The van der Waals surface area contributed by atoms with Gasteiger partial charge in [0, 0.05) is 19.0 Å². The number of amides is 2. The molecule has 0 spiro atoms. The molecular weight excluding hydrogens is 378 g/mol. The summed E-state index contributed by atoms with van der Waals surface area (Å²) in [6.07, 6.45) is 18.9. The van der Waals surface area contributed by atoms with E-state index in [0.29, 0.717) is 18.8 Å². The summed E-state index contributed by atoms with van der Waals surface area (Å²) in [4.78, 5) is 26.6. The van der Waals surface area contributed by atoms with E-state index in [9.17, 15) is 9.59 Å². The van der Waals surface area contributed by atoms with Crippen LogP contribution in [0.3, 0.4) is 0 Å². The molecule has 0 fully saturated rings. The molecule has 6 heteroatoms. The predicted molar refractivity (Wildman–Crippen MR) is 122 cm³/mol. The Labute approximate surface area is 183 Å². The van der Waals surface area contributed by atoms with Gasteiger partial charge in [0.2, 0.25) is 11.8 Å². The standard InChI is InChI=1S/C24H43N3O3/c1-3-5-7-8-9-10-11-12-13-14-15-17-24(29)27(19-16-6-4-2)21-23(28)25-22-18-20-30-26-22/h18,20H,3-17,19,21H2,1-2H3,(H,25,26,28). The van der Waals surface area contributed by atoms with Crippen LogP contribution in [0.4, 0.5) is 5.82 Å². The molecular formula is C24H43N3O3. The monoisotopic (exact) mass is 421 g/mol. The third-order valence-corrected chi connectivity index (χ3v) is 5.42. The molecule has 1 aromatic rings. The molecule has 0 bridgehead atoms. The fourth-order valence-electron chi connectivity index (χ4n) is 3.58. The number of aromatic nitrogens is 1. The number of nitrogens with one attached hydrogen (secondary N) is 1. The Morgan fingerprint density at radius 1 is 0.867 bits per heavy atom. The number of hydrogen-bond acceptors (Lipinski definition) is 4. The van der Waals surface area contributed by atoms with E-state index in [4.69, 9.17) is 4.52 Å². The Morgan fingerprint density at radius 3 is 2.00 bits per heavy atom. The minimum atomic E-state index is -0.229. The zero-order chi connectivity index (χ0) is 21.9. The summed E-state index contributed by atoms with van der Waals surface area (Å²) in [7, 11) is 0. The van der Waals surface area contributed by atoms with E-state index < -0.39 is 0 Å². The Kier molecular flexibility index (Phi) is 15.7. The first-order valence-electron chi connectivity index (χ1n) is 12.1. The number of anilines is 1.